The lowest BCUT2D eigenvalue weighted by Crippen LogP contribution is -2.12. The third kappa shape index (κ3) is 2.62. The van der Waals surface area contributed by atoms with Gasteiger partial charge in [-0.3, -0.25) is 4.79 Å². The Balaban J connectivity index is 1.96. The number of amides is 1. The highest BCUT2D eigenvalue weighted by Gasteiger charge is 2.17. The van der Waals surface area contributed by atoms with Gasteiger partial charge in [-0.1, -0.05) is 30.3 Å². The maximum Gasteiger partial charge on any atom is 0.267 e. The first kappa shape index (κ1) is 14.0. The molecule has 0 atom stereocenters. The van der Waals surface area contributed by atoms with Gasteiger partial charge in [-0.2, -0.15) is 0 Å². The normalized spacial score (nSPS) is 10.7. The topological polar surface area (TPSA) is 55.1 Å². The lowest BCUT2D eigenvalue weighted by molar-refractivity contribution is 0.103. The highest BCUT2D eigenvalue weighted by Crippen LogP contribution is 2.34. The van der Waals surface area contributed by atoms with Crippen molar-refractivity contribution >= 4 is 50.5 Å². The van der Waals surface area contributed by atoms with Crippen molar-refractivity contribution in [2.24, 2.45) is 0 Å². The molecule has 3 aromatic rings. The van der Waals surface area contributed by atoms with Crippen molar-refractivity contribution in [3.63, 3.8) is 0 Å². The summed E-state index contributed by atoms with van der Waals surface area (Å²) in [5.74, 6) is -0.157. The quantitative estimate of drug-likeness (QED) is 0.702. The Labute approximate surface area is 131 Å². The van der Waals surface area contributed by atoms with E-state index in [0.29, 0.717) is 10.6 Å². The molecular weight excluding hydrogens is 300 g/mol. The first-order valence-electron chi connectivity index (χ1n) is 6.42. The minimum Gasteiger partial charge on any atom is -0.397 e. The minimum atomic E-state index is -0.157. The number of fused-ring (bicyclic) bond motifs is 1. The van der Waals surface area contributed by atoms with Crippen LogP contribution in [0.5, 0.6) is 0 Å². The summed E-state index contributed by atoms with van der Waals surface area (Å²) < 4.78 is 1.03. The number of nitrogens with one attached hydrogen (secondary N) is 1. The summed E-state index contributed by atoms with van der Waals surface area (Å²) in [7, 11) is 0. The van der Waals surface area contributed by atoms with Gasteiger partial charge in [0, 0.05) is 15.0 Å². The van der Waals surface area contributed by atoms with E-state index in [2.05, 4.69) is 5.32 Å². The first-order valence-corrected chi connectivity index (χ1v) is 8.46. The number of carbonyl (C=O) groups excluding carboxylic acids is 1. The van der Waals surface area contributed by atoms with Gasteiger partial charge in [0.25, 0.3) is 5.91 Å². The molecule has 0 aliphatic heterocycles. The van der Waals surface area contributed by atoms with Gasteiger partial charge in [0.2, 0.25) is 0 Å². The molecule has 3 rings (SSSR count). The number of nitrogen functional groups attached to an aromatic ring is 1. The molecule has 2 aromatic carbocycles. The lowest BCUT2D eigenvalue weighted by atomic mass is 10.2. The summed E-state index contributed by atoms with van der Waals surface area (Å²) >= 11 is 3.02. The van der Waals surface area contributed by atoms with E-state index in [0.717, 1.165) is 20.7 Å². The zero-order valence-electron chi connectivity index (χ0n) is 11.4. The second kappa shape index (κ2) is 5.79. The summed E-state index contributed by atoms with van der Waals surface area (Å²) in [5, 5.41) is 3.89. The Morgan fingerprint density at radius 2 is 1.86 bits per heavy atom. The second-order valence-corrected chi connectivity index (χ2v) is 6.40. The molecule has 5 heteroatoms. The molecule has 0 radical (unpaired) electrons. The summed E-state index contributed by atoms with van der Waals surface area (Å²) in [4.78, 5) is 14.1. The largest absolute Gasteiger partial charge is 0.397 e. The highest BCUT2D eigenvalue weighted by atomic mass is 32.2. The molecular formula is C16H14N2OS2. The molecule has 1 heterocycles. The molecule has 1 amide bonds. The van der Waals surface area contributed by atoms with E-state index in [1.54, 1.807) is 11.8 Å². The fourth-order valence-electron chi connectivity index (χ4n) is 2.16. The summed E-state index contributed by atoms with van der Waals surface area (Å²) in [5.41, 5.74) is 7.47. The molecule has 21 heavy (non-hydrogen) atoms. The fourth-order valence-corrected chi connectivity index (χ4v) is 3.73. The summed E-state index contributed by atoms with van der Waals surface area (Å²) in [6.07, 6.45) is 1.98. The van der Waals surface area contributed by atoms with Crippen molar-refractivity contribution in [3.8, 4) is 0 Å². The van der Waals surface area contributed by atoms with Crippen molar-refractivity contribution in [1.29, 1.82) is 0 Å². The maximum atomic E-state index is 12.5. The van der Waals surface area contributed by atoms with Gasteiger partial charge in [-0.25, -0.2) is 0 Å². The number of rotatable bonds is 3. The number of anilines is 2. The van der Waals surface area contributed by atoms with Crippen molar-refractivity contribution in [1.82, 2.24) is 0 Å². The van der Waals surface area contributed by atoms with Crippen LogP contribution >= 0.6 is 23.1 Å². The van der Waals surface area contributed by atoms with Crippen LogP contribution in [-0.4, -0.2) is 12.2 Å². The van der Waals surface area contributed by atoms with Crippen LogP contribution in [0.2, 0.25) is 0 Å². The van der Waals surface area contributed by atoms with Gasteiger partial charge in [-0.15, -0.1) is 23.1 Å². The van der Waals surface area contributed by atoms with Crippen LogP contribution in [0.25, 0.3) is 10.1 Å². The van der Waals surface area contributed by atoms with E-state index in [1.165, 1.54) is 11.3 Å². The van der Waals surface area contributed by atoms with Crippen molar-refractivity contribution in [2.45, 2.75) is 4.90 Å². The van der Waals surface area contributed by atoms with E-state index >= 15 is 0 Å². The predicted molar refractivity (Wildman–Crippen MR) is 92.4 cm³/mol. The SMILES string of the molecule is CSc1ccccc1NC(=O)c1sc2ccccc2c1N. The Morgan fingerprint density at radius 3 is 2.62 bits per heavy atom. The van der Waals surface area contributed by atoms with E-state index in [-0.39, 0.29) is 5.91 Å². The number of nitrogens with two attached hydrogens (primary N) is 1. The van der Waals surface area contributed by atoms with Crippen molar-refractivity contribution < 1.29 is 4.79 Å². The minimum absolute atomic E-state index is 0.157. The van der Waals surface area contributed by atoms with Gasteiger partial charge >= 0.3 is 0 Å². The number of thiophene rings is 1. The zero-order valence-corrected chi connectivity index (χ0v) is 13.1. The molecule has 0 spiro atoms. The molecule has 3 N–H and O–H groups in total. The van der Waals surface area contributed by atoms with Crippen molar-refractivity contribution in [2.75, 3.05) is 17.3 Å². The van der Waals surface area contributed by atoms with Crippen molar-refractivity contribution in [3.05, 3.63) is 53.4 Å². The molecule has 1 aromatic heterocycles. The highest BCUT2D eigenvalue weighted by molar-refractivity contribution is 7.98. The van der Waals surface area contributed by atoms with Crippen LogP contribution in [0.4, 0.5) is 11.4 Å². The van der Waals surface area contributed by atoms with Crippen LogP contribution in [0.3, 0.4) is 0 Å². The van der Waals surface area contributed by atoms with Crippen LogP contribution in [0.15, 0.2) is 53.4 Å². The molecule has 0 unspecified atom stereocenters. The van der Waals surface area contributed by atoms with Gasteiger partial charge in [0.1, 0.15) is 4.88 Å². The van der Waals surface area contributed by atoms with E-state index in [4.69, 9.17) is 5.73 Å². The van der Waals surface area contributed by atoms with Crippen LogP contribution in [-0.2, 0) is 0 Å². The summed E-state index contributed by atoms with van der Waals surface area (Å²) in [6.45, 7) is 0. The van der Waals surface area contributed by atoms with Gasteiger partial charge < -0.3 is 11.1 Å². The Kier molecular flexibility index (Phi) is 3.86. The standard InChI is InChI=1S/C16H14N2OS2/c1-20-13-9-5-3-7-11(13)18-16(19)15-14(17)10-6-2-4-8-12(10)21-15/h2-9H,17H2,1H3,(H,18,19). The van der Waals surface area contributed by atoms with Crippen LogP contribution < -0.4 is 11.1 Å². The second-order valence-electron chi connectivity index (χ2n) is 4.50. The number of benzene rings is 2. The summed E-state index contributed by atoms with van der Waals surface area (Å²) in [6, 6.07) is 15.5. The molecule has 0 saturated heterocycles. The smallest absolute Gasteiger partial charge is 0.267 e. The first-order chi connectivity index (χ1) is 10.2. The number of thioether (sulfide) groups is 1. The molecule has 0 fully saturated rings. The molecule has 3 nitrogen and oxygen atoms in total. The maximum absolute atomic E-state index is 12.5. The van der Waals surface area contributed by atoms with Gasteiger partial charge in [0.15, 0.2) is 0 Å². The Hall–Kier alpha value is -1.98. The fraction of sp³-hybridized carbons (Fsp3) is 0.0625. The average molecular weight is 314 g/mol. The average Bonchev–Trinajstić information content (AvgIpc) is 2.85. The number of hydrogen-bond donors (Lipinski definition) is 2. The Bertz CT molecular complexity index is 811. The van der Waals surface area contributed by atoms with Gasteiger partial charge in [0.05, 0.1) is 11.4 Å². The third-order valence-electron chi connectivity index (χ3n) is 3.20. The monoisotopic (exact) mass is 314 g/mol. The third-order valence-corrected chi connectivity index (χ3v) is 5.18. The number of para-hydroxylation sites is 1. The van der Waals surface area contributed by atoms with Gasteiger partial charge in [-0.05, 0) is 24.5 Å². The lowest BCUT2D eigenvalue weighted by Gasteiger charge is -2.08. The van der Waals surface area contributed by atoms with Crippen LogP contribution in [0, 0.1) is 0 Å². The van der Waals surface area contributed by atoms with E-state index in [1.807, 2.05) is 54.8 Å². The molecule has 106 valence electrons. The molecule has 0 aliphatic carbocycles. The van der Waals surface area contributed by atoms with Crippen LogP contribution in [0.1, 0.15) is 9.67 Å². The zero-order chi connectivity index (χ0) is 14.8. The predicted octanol–water partition coefficient (Wildman–Crippen LogP) is 4.46. The number of carbonyl (C=O) groups is 1. The van der Waals surface area contributed by atoms with E-state index in [9.17, 15) is 4.79 Å². The Morgan fingerprint density at radius 1 is 1.14 bits per heavy atom. The van der Waals surface area contributed by atoms with E-state index < -0.39 is 0 Å². The molecule has 0 saturated carbocycles. The number of hydrogen-bond acceptors (Lipinski definition) is 4. The molecule has 0 bridgehead atoms. The molecule has 0 aliphatic rings.